The van der Waals surface area contributed by atoms with E-state index in [0.29, 0.717) is 17.2 Å². The van der Waals surface area contributed by atoms with Gasteiger partial charge < -0.3 is 14.8 Å². The van der Waals surface area contributed by atoms with E-state index in [9.17, 15) is 13.2 Å². The van der Waals surface area contributed by atoms with Gasteiger partial charge in [-0.3, -0.25) is 9.10 Å². The summed E-state index contributed by atoms with van der Waals surface area (Å²) in [6, 6.07) is 5.12. The molecule has 1 fully saturated rings. The first-order valence-corrected chi connectivity index (χ1v) is 10.7. The third kappa shape index (κ3) is 5.52. The number of methoxy groups -OCH3 is 2. The van der Waals surface area contributed by atoms with E-state index in [1.54, 1.807) is 18.2 Å². The maximum atomic E-state index is 12.3. The van der Waals surface area contributed by atoms with Crippen LogP contribution < -0.4 is 19.1 Å². The fraction of sp³-hybridized carbons (Fsp3) is 0.611. The first kappa shape index (κ1) is 20.4. The predicted octanol–water partition coefficient (Wildman–Crippen LogP) is 2.31. The summed E-state index contributed by atoms with van der Waals surface area (Å²) in [5.74, 6) is 0.814. The molecule has 1 N–H and O–H groups in total. The zero-order chi connectivity index (χ0) is 19.2. The number of nitrogens with zero attached hydrogens (tertiary/aromatic N) is 1. The lowest BCUT2D eigenvalue weighted by atomic mass is 9.95. The van der Waals surface area contributed by atoms with Gasteiger partial charge in [0.2, 0.25) is 15.9 Å². The molecule has 1 aromatic carbocycles. The second kappa shape index (κ2) is 9.12. The maximum Gasteiger partial charge on any atom is 0.232 e. The van der Waals surface area contributed by atoms with Crippen LogP contribution in [-0.2, 0) is 14.8 Å². The topological polar surface area (TPSA) is 84.9 Å². The average molecular weight is 384 g/mol. The molecular weight excluding hydrogens is 356 g/mol. The van der Waals surface area contributed by atoms with Gasteiger partial charge in [0.15, 0.2) is 0 Å². The van der Waals surface area contributed by atoms with Crippen LogP contribution in [0.1, 0.15) is 38.5 Å². The molecular formula is C18H28N2O5S. The van der Waals surface area contributed by atoms with Crippen molar-refractivity contribution in [2.75, 3.05) is 31.3 Å². The monoisotopic (exact) mass is 384 g/mol. The van der Waals surface area contributed by atoms with Gasteiger partial charge >= 0.3 is 0 Å². The van der Waals surface area contributed by atoms with E-state index >= 15 is 0 Å². The lowest BCUT2D eigenvalue weighted by Crippen LogP contribution is -2.39. The Morgan fingerprint density at radius 2 is 1.88 bits per heavy atom. The number of nitrogens with one attached hydrogen (secondary N) is 1. The van der Waals surface area contributed by atoms with Crippen LogP contribution in [-0.4, -0.2) is 47.4 Å². The molecule has 0 spiro atoms. The van der Waals surface area contributed by atoms with E-state index in [4.69, 9.17) is 9.47 Å². The Bertz CT molecular complexity index is 714. The quantitative estimate of drug-likeness (QED) is 0.743. The van der Waals surface area contributed by atoms with Crippen molar-refractivity contribution in [2.24, 2.45) is 0 Å². The average Bonchev–Trinajstić information content (AvgIpc) is 2.61. The van der Waals surface area contributed by atoms with E-state index in [0.717, 1.165) is 31.9 Å². The Morgan fingerprint density at radius 3 is 2.46 bits per heavy atom. The highest BCUT2D eigenvalue weighted by Gasteiger charge is 2.23. The first-order chi connectivity index (χ1) is 12.3. The van der Waals surface area contributed by atoms with Gasteiger partial charge in [0.1, 0.15) is 11.5 Å². The Kier molecular flexibility index (Phi) is 7.14. The van der Waals surface area contributed by atoms with Gasteiger partial charge in [-0.25, -0.2) is 8.42 Å². The largest absolute Gasteiger partial charge is 0.497 e. The zero-order valence-electron chi connectivity index (χ0n) is 15.7. The highest BCUT2D eigenvalue weighted by molar-refractivity contribution is 7.92. The van der Waals surface area contributed by atoms with Gasteiger partial charge in [-0.2, -0.15) is 0 Å². The van der Waals surface area contributed by atoms with Crippen molar-refractivity contribution in [3.63, 3.8) is 0 Å². The SMILES string of the molecule is COc1ccc(N(CCC(=O)NC2CCCCC2)S(C)(=O)=O)c(OC)c1. The Hall–Kier alpha value is -1.96. The van der Waals surface area contributed by atoms with Crippen molar-refractivity contribution in [3.05, 3.63) is 18.2 Å². The first-order valence-electron chi connectivity index (χ1n) is 8.84. The fourth-order valence-corrected chi connectivity index (χ4v) is 4.14. The molecule has 0 aromatic heterocycles. The number of carbonyl (C=O) groups excluding carboxylic acids is 1. The molecule has 1 aliphatic rings. The summed E-state index contributed by atoms with van der Waals surface area (Å²) in [5, 5.41) is 3.01. The van der Waals surface area contributed by atoms with Crippen LogP contribution in [0.4, 0.5) is 5.69 Å². The van der Waals surface area contributed by atoms with Crippen LogP contribution in [0.25, 0.3) is 0 Å². The molecule has 0 atom stereocenters. The summed E-state index contributed by atoms with van der Waals surface area (Å²) in [6.45, 7) is 0.0556. The number of benzene rings is 1. The summed E-state index contributed by atoms with van der Waals surface area (Å²) in [6.07, 6.45) is 6.68. The molecule has 0 radical (unpaired) electrons. The summed E-state index contributed by atoms with van der Waals surface area (Å²) in [5.41, 5.74) is 0.390. The van der Waals surface area contributed by atoms with Crippen LogP contribution in [0.2, 0.25) is 0 Å². The van der Waals surface area contributed by atoms with Crippen molar-refractivity contribution >= 4 is 21.6 Å². The predicted molar refractivity (Wildman–Crippen MR) is 101 cm³/mol. The number of rotatable bonds is 8. The van der Waals surface area contributed by atoms with Crippen LogP contribution in [0, 0.1) is 0 Å². The molecule has 1 amide bonds. The fourth-order valence-electron chi connectivity index (χ4n) is 3.21. The van der Waals surface area contributed by atoms with Gasteiger partial charge in [0, 0.05) is 25.1 Å². The molecule has 26 heavy (non-hydrogen) atoms. The molecule has 0 aliphatic heterocycles. The third-order valence-electron chi connectivity index (χ3n) is 4.57. The third-order valence-corrected chi connectivity index (χ3v) is 5.75. The van der Waals surface area contributed by atoms with E-state index < -0.39 is 10.0 Å². The molecule has 2 rings (SSSR count). The number of hydrogen-bond acceptors (Lipinski definition) is 5. The Labute approximate surface area is 155 Å². The van der Waals surface area contributed by atoms with Gasteiger partial charge in [0.25, 0.3) is 0 Å². The highest BCUT2D eigenvalue weighted by Crippen LogP contribution is 2.33. The van der Waals surface area contributed by atoms with Crippen molar-refractivity contribution in [3.8, 4) is 11.5 Å². The number of anilines is 1. The van der Waals surface area contributed by atoms with Crippen LogP contribution >= 0.6 is 0 Å². The molecule has 8 heteroatoms. The minimum atomic E-state index is -3.57. The van der Waals surface area contributed by atoms with E-state index in [-0.39, 0.29) is 24.9 Å². The molecule has 1 aromatic rings. The maximum absolute atomic E-state index is 12.3. The normalized spacial score (nSPS) is 15.3. The summed E-state index contributed by atoms with van der Waals surface area (Å²) in [7, 11) is -0.573. The summed E-state index contributed by atoms with van der Waals surface area (Å²) < 4.78 is 36.2. The lowest BCUT2D eigenvalue weighted by Gasteiger charge is -2.26. The van der Waals surface area contributed by atoms with Gasteiger partial charge in [0.05, 0.1) is 26.2 Å². The van der Waals surface area contributed by atoms with Crippen molar-refractivity contribution in [1.82, 2.24) is 5.32 Å². The summed E-state index contributed by atoms with van der Waals surface area (Å²) >= 11 is 0. The molecule has 146 valence electrons. The van der Waals surface area contributed by atoms with E-state index in [1.807, 2.05) is 0 Å². The number of amides is 1. The minimum absolute atomic E-state index is 0.0556. The van der Waals surface area contributed by atoms with Gasteiger partial charge in [-0.05, 0) is 25.0 Å². The number of sulfonamides is 1. The number of hydrogen-bond donors (Lipinski definition) is 1. The minimum Gasteiger partial charge on any atom is -0.497 e. The van der Waals surface area contributed by atoms with Crippen molar-refractivity contribution < 1.29 is 22.7 Å². The molecule has 7 nitrogen and oxygen atoms in total. The molecule has 0 heterocycles. The van der Waals surface area contributed by atoms with Crippen molar-refractivity contribution in [2.45, 2.75) is 44.6 Å². The second-order valence-electron chi connectivity index (χ2n) is 6.53. The Morgan fingerprint density at radius 1 is 1.19 bits per heavy atom. The Balaban J connectivity index is 2.09. The number of carbonyl (C=O) groups is 1. The second-order valence-corrected chi connectivity index (χ2v) is 8.43. The standard InChI is InChI=1S/C18H28N2O5S/c1-24-15-9-10-16(17(13-15)25-2)20(26(3,22)23)12-11-18(21)19-14-7-5-4-6-8-14/h9-10,13-14H,4-8,11-12H2,1-3H3,(H,19,21). The van der Waals surface area contributed by atoms with E-state index in [1.165, 1.54) is 24.9 Å². The van der Waals surface area contributed by atoms with E-state index in [2.05, 4.69) is 5.32 Å². The zero-order valence-corrected chi connectivity index (χ0v) is 16.5. The van der Waals surface area contributed by atoms with Gasteiger partial charge in [-0.1, -0.05) is 19.3 Å². The van der Waals surface area contributed by atoms with Crippen LogP contribution in [0.5, 0.6) is 11.5 Å². The van der Waals surface area contributed by atoms with Gasteiger partial charge in [-0.15, -0.1) is 0 Å². The molecule has 0 unspecified atom stereocenters. The molecule has 1 saturated carbocycles. The molecule has 0 saturated heterocycles. The molecule has 0 bridgehead atoms. The molecule has 1 aliphatic carbocycles. The lowest BCUT2D eigenvalue weighted by molar-refractivity contribution is -0.121. The van der Waals surface area contributed by atoms with Crippen LogP contribution in [0.15, 0.2) is 18.2 Å². The smallest absolute Gasteiger partial charge is 0.232 e. The summed E-state index contributed by atoms with van der Waals surface area (Å²) in [4.78, 5) is 12.2. The van der Waals surface area contributed by atoms with Crippen LogP contribution in [0.3, 0.4) is 0 Å². The van der Waals surface area contributed by atoms with Crippen molar-refractivity contribution in [1.29, 1.82) is 0 Å². The highest BCUT2D eigenvalue weighted by atomic mass is 32.2. The number of ether oxygens (including phenoxy) is 2.